The zero-order chi connectivity index (χ0) is 22.2. The average Bonchev–Trinajstić information content (AvgIpc) is 3.09. The number of ether oxygens (including phenoxy) is 2. The third-order valence-electron chi connectivity index (χ3n) is 5.34. The van der Waals surface area contributed by atoms with E-state index in [0.29, 0.717) is 35.8 Å². The Hall–Kier alpha value is -4.20. The van der Waals surface area contributed by atoms with Crippen LogP contribution in [0.25, 0.3) is 5.76 Å². The highest BCUT2D eigenvalue weighted by molar-refractivity contribution is 6.51. The number of amides is 1. The number of benzene rings is 2. The van der Waals surface area contributed by atoms with Crippen LogP contribution in [0, 0.1) is 5.82 Å². The van der Waals surface area contributed by atoms with Crippen LogP contribution in [0.4, 0.5) is 10.2 Å². The smallest absolute Gasteiger partial charge is 0.301 e. The van der Waals surface area contributed by atoms with Crippen molar-refractivity contribution in [2.24, 2.45) is 0 Å². The van der Waals surface area contributed by atoms with Gasteiger partial charge in [-0.3, -0.25) is 14.5 Å². The summed E-state index contributed by atoms with van der Waals surface area (Å²) in [6.07, 6.45) is 1.50. The Morgan fingerprint density at radius 1 is 1.00 bits per heavy atom. The Bertz CT molecular complexity index is 1240. The number of nitrogens with zero attached hydrogens (tertiary/aromatic N) is 2. The quantitative estimate of drug-likeness (QED) is 0.386. The molecule has 160 valence electrons. The first-order valence-electron chi connectivity index (χ1n) is 9.92. The first-order valence-corrected chi connectivity index (χ1v) is 9.92. The van der Waals surface area contributed by atoms with Crippen molar-refractivity contribution in [1.82, 2.24) is 4.98 Å². The number of hydrogen-bond donors (Lipinski definition) is 1. The normalized spacial score (nSPS) is 19.3. The van der Waals surface area contributed by atoms with Gasteiger partial charge in [-0.05, 0) is 48.0 Å². The summed E-state index contributed by atoms with van der Waals surface area (Å²) < 4.78 is 24.7. The number of anilines is 1. The zero-order valence-electron chi connectivity index (χ0n) is 16.7. The largest absolute Gasteiger partial charge is 0.507 e. The van der Waals surface area contributed by atoms with Crippen LogP contribution in [0.15, 0.2) is 72.4 Å². The number of pyridine rings is 1. The molecule has 0 spiro atoms. The lowest BCUT2D eigenvalue weighted by atomic mass is 9.95. The molecule has 3 heterocycles. The van der Waals surface area contributed by atoms with Crippen LogP contribution >= 0.6 is 0 Å². The first-order chi connectivity index (χ1) is 15.5. The molecule has 1 saturated heterocycles. The van der Waals surface area contributed by atoms with E-state index in [2.05, 4.69) is 4.98 Å². The number of aliphatic hydroxyl groups excluding tert-OH is 1. The van der Waals surface area contributed by atoms with E-state index in [9.17, 15) is 19.1 Å². The number of fused-ring (bicyclic) bond motifs is 1. The van der Waals surface area contributed by atoms with Crippen LogP contribution in [0.5, 0.6) is 11.5 Å². The van der Waals surface area contributed by atoms with E-state index >= 15 is 0 Å². The molecule has 0 radical (unpaired) electrons. The van der Waals surface area contributed by atoms with Gasteiger partial charge in [0.1, 0.15) is 30.6 Å². The minimum atomic E-state index is -0.987. The summed E-state index contributed by atoms with van der Waals surface area (Å²) in [7, 11) is 0. The Morgan fingerprint density at radius 3 is 2.47 bits per heavy atom. The summed E-state index contributed by atoms with van der Waals surface area (Å²) in [5, 5.41) is 11.2. The Kier molecular flexibility index (Phi) is 4.82. The average molecular weight is 432 g/mol. The lowest BCUT2D eigenvalue weighted by Gasteiger charge is -2.24. The molecule has 1 unspecified atom stereocenters. The van der Waals surface area contributed by atoms with Crippen molar-refractivity contribution >= 4 is 23.3 Å². The molecule has 1 atom stereocenters. The molecule has 0 saturated carbocycles. The van der Waals surface area contributed by atoms with Crippen molar-refractivity contribution < 1.29 is 28.6 Å². The van der Waals surface area contributed by atoms with E-state index in [1.165, 1.54) is 35.4 Å². The van der Waals surface area contributed by atoms with Gasteiger partial charge < -0.3 is 14.6 Å². The van der Waals surface area contributed by atoms with Crippen molar-refractivity contribution in [1.29, 1.82) is 0 Å². The number of carbonyl (C=O) groups is 2. The first kappa shape index (κ1) is 19.7. The summed E-state index contributed by atoms with van der Waals surface area (Å²) >= 11 is 0. The van der Waals surface area contributed by atoms with Gasteiger partial charge in [0, 0.05) is 11.8 Å². The molecule has 8 heteroatoms. The maximum atomic E-state index is 13.6. The van der Waals surface area contributed by atoms with Gasteiger partial charge in [-0.1, -0.05) is 18.2 Å². The third-order valence-corrected chi connectivity index (χ3v) is 5.34. The van der Waals surface area contributed by atoms with Crippen LogP contribution in [0.2, 0.25) is 0 Å². The second kappa shape index (κ2) is 7.81. The van der Waals surface area contributed by atoms with Crippen molar-refractivity contribution in [3.05, 3.63) is 89.4 Å². The molecule has 3 aromatic rings. The fourth-order valence-corrected chi connectivity index (χ4v) is 3.87. The molecule has 1 N–H and O–H groups in total. The van der Waals surface area contributed by atoms with Crippen molar-refractivity contribution in [2.45, 2.75) is 6.04 Å². The lowest BCUT2D eigenvalue weighted by molar-refractivity contribution is -0.132. The maximum Gasteiger partial charge on any atom is 0.301 e. The topological polar surface area (TPSA) is 89.0 Å². The molecule has 0 aliphatic carbocycles. The third kappa shape index (κ3) is 3.26. The summed E-state index contributed by atoms with van der Waals surface area (Å²) in [5.41, 5.74) is 0.625. The number of ketones is 1. The fourth-order valence-electron chi connectivity index (χ4n) is 3.87. The monoisotopic (exact) mass is 432 g/mol. The van der Waals surface area contributed by atoms with Crippen LogP contribution < -0.4 is 14.4 Å². The van der Waals surface area contributed by atoms with Crippen LogP contribution in [0.3, 0.4) is 0 Å². The van der Waals surface area contributed by atoms with E-state index in [-0.39, 0.29) is 17.2 Å². The molecular formula is C24H17FN2O5. The van der Waals surface area contributed by atoms with E-state index in [1.54, 1.807) is 36.4 Å². The minimum Gasteiger partial charge on any atom is -0.507 e. The number of carbonyl (C=O) groups excluding carboxylic acids is 2. The Labute approximate surface area is 182 Å². The summed E-state index contributed by atoms with van der Waals surface area (Å²) in [6, 6.07) is 14.1. The molecule has 2 aliphatic rings. The Balaban J connectivity index is 1.69. The number of hydrogen-bond acceptors (Lipinski definition) is 6. The summed E-state index contributed by atoms with van der Waals surface area (Å²) in [5.74, 6) is -1.34. The van der Waals surface area contributed by atoms with E-state index in [4.69, 9.17) is 9.47 Å². The predicted molar refractivity (Wildman–Crippen MR) is 113 cm³/mol. The molecule has 2 aliphatic heterocycles. The van der Waals surface area contributed by atoms with Crippen LogP contribution in [0.1, 0.15) is 17.2 Å². The standard InChI is InChI=1S/C24H17FN2O5/c25-16-7-4-14(5-8-16)21-20(23(29)24(30)27(21)19-3-1-2-10-26-19)22(28)15-6-9-17-18(13-15)32-12-11-31-17/h1-10,13,21,28H,11-12H2/b22-20+. The van der Waals surface area contributed by atoms with E-state index in [1.807, 2.05) is 0 Å². The molecule has 5 rings (SSSR count). The van der Waals surface area contributed by atoms with Crippen LogP contribution in [-0.4, -0.2) is 35.0 Å². The van der Waals surface area contributed by atoms with Gasteiger partial charge in [-0.2, -0.15) is 0 Å². The lowest BCUT2D eigenvalue weighted by Crippen LogP contribution is -2.30. The highest BCUT2D eigenvalue weighted by atomic mass is 19.1. The molecular weight excluding hydrogens is 415 g/mol. The summed E-state index contributed by atoms with van der Waals surface area (Å²) in [6.45, 7) is 0.773. The number of aromatic nitrogens is 1. The van der Waals surface area contributed by atoms with Crippen LogP contribution in [-0.2, 0) is 9.59 Å². The van der Waals surface area contributed by atoms with Gasteiger partial charge in [-0.15, -0.1) is 0 Å². The fraction of sp³-hybridized carbons (Fsp3) is 0.125. The molecule has 1 fully saturated rings. The number of halogens is 1. The minimum absolute atomic E-state index is 0.121. The molecule has 1 amide bonds. The molecule has 2 aromatic carbocycles. The second-order valence-corrected chi connectivity index (χ2v) is 7.27. The number of aliphatic hydroxyl groups is 1. The molecule has 0 bridgehead atoms. The van der Waals surface area contributed by atoms with Crippen molar-refractivity contribution in [3.8, 4) is 11.5 Å². The highest BCUT2D eigenvalue weighted by Gasteiger charge is 2.47. The SMILES string of the molecule is O=C1C(=O)N(c2ccccn2)C(c2ccc(F)cc2)/C1=C(\O)c1ccc2c(c1)OCCO2. The Morgan fingerprint density at radius 2 is 1.75 bits per heavy atom. The molecule has 32 heavy (non-hydrogen) atoms. The maximum absolute atomic E-state index is 13.6. The molecule has 1 aromatic heterocycles. The number of rotatable bonds is 3. The van der Waals surface area contributed by atoms with Crippen molar-refractivity contribution in [3.63, 3.8) is 0 Å². The van der Waals surface area contributed by atoms with Gasteiger partial charge in [0.05, 0.1) is 11.6 Å². The predicted octanol–water partition coefficient (Wildman–Crippen LogP) is 3.62. The zero-order valence-corrected chi connectivity index (χ0v) is 16.7. The van der Waals surface area contributed by atoms with E-state index < -0.39 is 23.5 Å². The second-order valence-electron chi connectivity index (χ2n) is 7.27. The number of Topliss-reactive ketones (excluding diaryl/α,β-unsaturated/α-hetero) is 1. The van der Waals surface area contributed by atoms with Gasteiger partial charge in [-0.25, -0.2) is 9.37 Å². The van der Waals surface area contributed by atoms with Gasteiger partial charge in [0.15, 0.2) is 11.5 Å². The van der Waals surface area contributed by atoms with Gasteiger partial charge >= 0.3 is 5.91 Å². The van der Waals surface area contributed by atoms with E-state index in [0.717, 1.165) is 0 Å². The highest BCUT2D eigenvalue weighted by Crippen LogP contribution is 2.42. The van der Waals surface area contributed by atoms with Gasteiger partial charge in [0.25, 0.3) is 5.78 Å². The summed E-state index contributed by atoms with van der Waals surface area (Å²) in [4.78, 5) is 31.5. The van der Waals surface area contributed by atoms with Crippen molar-refractivity contribution in [2.75, 3.05) is 18.1 Å². The van der Waals surface area contributed by atoms with Gasteiger partial charge in [0.2, 0.25) is 0 Å². The molecule has 7 nitrogen and oxygen atoms in total.